The van der Waals surface area contributed by atoms with Gasteiger partial charge in [-0.25, -0.2) is 0 Å². The Morgan fingerprint density at radius 2 is 1.58 bits per heavy atom. The highest BCUT2D eigenvalue weighted by Crippen LogP contribution is 2.33. The van der Waals surface area contributed by atoms with Gasteiger partial charge in [0, 0.05) is 21.8 Å². The SMILES string of the molecule is Cc1[nH]nc(-c2ccccc2)c1-c1ccc(Cl)cc1. The van der Waals surface area contributed by atoms with Crippen molar-refractivity contribution in [1.29, 1.82) is 0 Å². The maximum absolute atomic E-state index is 5.95. The molecule has 3 heteroatoms. The fourth-order valence-corrected chi connectivity index (χ4v) is 2.33. The van der Waals surface area contributed by atoms with Crippen LogP contribution in [0, 0.1) is 6.92 Å². The summed E-state index contributed by atoms with van der Waals surface area (Å²) in [4.78, 5) is 0. The average molecular weight is 269 g/mol. The molecular formula is C16H13ClN2. The van der Waals surface area contributed by atoms with Crippen molar-refractivity contribution < 1.29 is 0 Å². The molecular weight excluding hydrogens is 256 g/mol. The molecule has 1 aromatic heterocycles. The monoisotopic (exact) mass is 268 g/mol. The smallest absolute Gasteiger partial charge is 0.100 e. The van der Waals surface area contributed by atoms with E-state index in [0.29, 0.717) is 0 Å². The van der Waals surface area contributed by atoms with E-state index < -0.39 is 0 Å². The Kier molecular flexibility index (Phi) is 3.10. The summed E-state index contributed by atoms with van der Waals surface area (Å²) in [5.74, 6) is 0. The number of aryl methyl sites for hydroxylation is 1. The fourth-order valence-electron chi connectivity index (χ4n) is 2.20. The van der Waals surface area contributed by atoms with Crippen molar-refractivity contribution in [1.82, 2.24) is 10.2 Å². The number of rotatable bonds is 2. The van der Waals surface area contributed by atoms with E-state index in [1.54, 1.807) is 0 Å². The minimum atomic E-state index is 0.742. The molecule has 0 saturated heterocycles. The third kappa shape index (κ3) is 2.27. The molecule has 3 aromatic rings. The van der Waals surface area contributed by atoms with Crippen molar-refractivity contribution in [2.45, 2.75) is 6.92 Å². The van der Waals surface area contributed by atoms with E-state index in [0.717, 1.165) is 33.1 Å². The van der Waals surface area contributed by atoms with Crippen LogP contribution >= 0.6 is 11.6 Å². The predicted molar refractivity (Wildman–Crippen MR) is 79.2 cm³/mol. The second-order valence-corrected chi connectivity index (χ2v) is 4.88. The number of nitrogens with zero attached hydrogens (tertiary/aromatic N) is 1. The minimum Gasteiger partial charge on any atom is -0.282 e. The molecule has 0 amide bonds. The van der Waals surface area contributed by atoms with E-state index in [1.165, 1.54) is 0 Å². The molecule has 0 aliphatic carbocycles. The summed E-state index contributed by atoms with van der Waals surface area (Å²) >= 11 is 5.95. The van der Waals surface area contributed by atoms with Gasteiger partial charge in [0.05, 0.1) is 0 Å². The number of hydrogen-bond acceptors (Lipinski definition) is 1. The van der Waals surface area contributed by atoms with Gasteiger partial charge < -0.3 is 0 Å². The normalized spacial score (nSPS) is 10.6. The quantitative estimate of drug-likeness (QED) is 0.717. The van der Waals surface area contributed by atoms with Crippen LogP contribution < -0.4 is 0 Å². The Bertz CT molecular complexity index is 685. The predicted octanol–water partition coefficient (Wildman–Crippen LogP) is 4.71. The van der Waals surface area contributed by atoms with Crippen molar-refractivity contribution in [3.05, 3.63) is 65.3 Å². The van der Waals surface area contributed by atoms with Crippen LogP contribution in [0.15, 0.2) is 54.6 Å². The molecule has 2 aromatic carbocycles. The van der Waals surface area contributed by atoms with Crippen molar-refractivity contribution in [2.24, 2.45) is 0 Å². The fraction of sp³-hybridized carbons (Fsp3) is 0.0625. The number of H-pyrrole nitrogens is 1. The molecule has 1 heterocycles. The minimum absolute atomic E-state index is 0.742. The zero-order valence-electron chi connectivity index (χ0n) is 10.5. The molecule has 0 atom stereocenters. The maximum Gasteiger partial charge on any atom is 0.100 e. The van der Waals surface area contributed by atoms with E-state index in [4.69, 9.17) is 11.6 Å². The summed E-state index contributed by atoms with van der Waals surface area (Å²) in [5, 5.41) is 8.23. The second-order valence-electron chi connectivity index (χ2n) is 4.45. The number of halogens is 1. The highest BCUT2D eigenvalue weighted by atomic mass is 35.5. The summed E-state index contributed by atoms with van der Waals surface area (Å²) in [6.45, 7) is 2.03. The summed E-state index contributed by atoms with van der Waals surface area (Å²) in [6.07, 6.45) is 0. The number of nitrogens with one attached hydrogen (secondary N) is 1. The first-order valence-corrected chi connectivity index (χ1v) is 6.50. The van der Waals surface area contributed by atoms with E-state index in [-0.39, 0.29) is 0 Å². The van der Waals surface area contributed by atoms with Crippen LogP contribution in [-0.4, -0.2) is 10.2 Å². The van der Waals surface area contributed by atoms with Crippen molar-refractivity contribution >= 4 is 11.6 Å². The van der Waals surface area contributed by atoms with Crippen LogP contribution in [-0.2, 0) is 0 Å². The number of aromatic amines is 1. The maximum atomic E-state index is 5.95. The highest BCUT2D eigenvalue weighted by molar-refractivity contribution is 6.30. The first-order chi connectivity index (χ1) is 9.25. The van der Waals surface area contributed by atoms with Crippen molar-refractivity contribution in [2.75, 3.05) is 0 Å². The van der Waals surface area contributed by atoms with Crippen molar-refractivity contribution in [3.8, 4) is 22.4 Å². The molecule has 1 N–H and O–H groups in total. The molecule has 19 heavy (non-hydrogen) atoms. The largest absolute Gasteiger partial charge is 0.282 e. The van der Waals surface area contributed by atoms with Crippen LogP contribution in [0.1, 0.15) is 5.69 Å². The first kappa shape index (κ1) is 12.0. The third-order valence-electron chi connectivity index (χ3n) is 3.13. The van der Waals surface area contributed by atoms with Crippen molar-refractivity contribution in [3.63, 3.8) is 0 Å². The topological polar surface area (TPSA) is 28.7 Å². The standard InChI is InChI=1S/C16H13ClN2/c1-11-15(12-7-9-14(17)10-8-12)16(19-18-11)13-5-3-2-4-6-13/h2-10H,1H3,(H,18,19). The molecule has 0 spiro atoms. The Morgan fingerprint density at radius 1 is 0.895 bits per heavy atom. The van der Waals surface area contributed by atoms with Crippen LogP contribution in [0.25, 0.3) is 22.4 Å². The molecule has 0 saturated carbocycles. The van der Waals surface area contributed by atoms with Gasteiger partial charge in [0.25, 0.3) is 0 Å². The molecule has 0 fully saturated rings. The molecule has 0 aliphatic heterocycles. The number of hydrogen-bond donors (Lipinski definition) is 1. The summed E-state index contributed by atoms with van der Waals surface area (Å²) in [7, 11) is 0. The van der Waals surface area contributed by atoms with Crippen LogP contribution in [0.4, 0.5) is 0 Å². The van der Waals surface area contributed by atoms with Gasteiger partial charge >= 0.3 is 0 Å². The van der Waals surface area contributed by atoms with E-state index in [9.17, 15) is 0 Å². The molecule has 0 radical (unpaired) electrons. The number of benzene rings is 2. The summed E-state index contributed by atoms with van der Waals surface area (Å²) in [6, 6.07) is 18.0. The zero-order valence-corrected chi connectivity index (χ0v) is 11.3. The van der Waals surface area contributed by atoms with Gasteiger partial charge in [-0.15, -0.1) is 0 Å². The molecule has 0 bridgehead atoms. The van der Waals surface area contributed by atoms with E-state index >= 15 is 0 Å². The molecule has 3 rings (SSSR count). The van der Waals surface area contributed by atoms with Gasteiger partial charge in [0.15, 0.2) is 0 Å². The van der Waals surface area contributed by atoms with Gasteiger partial charge in [-0.2, -0.15) is 5.10 Å². The van der Waals surface area contributed by atoms with Crippen LogP contribution in [0.5, 0.6) is 0 Å². The van der Waals surface area contributed by atoms with Gasteiger partial charge in [-0.05, 0) is 24.6 Å². The second kappa shape index (κ2) is 4.90. The van der Waals surface area contributed by atoms with Gasteiger partial charge in [-0.3, -0.25) is 5.10 Å². The average Bonchev–Trinajstić information content (AvgIpc) is 2.83. The highest BCUT2D eigenvalue weighted by Gasteiger charge is 2.13. The van der Waals surface area contributed by atoms with Gasteiger partial charge in [0.1, 0.15) is 5.69 Å². The van der Waals surface area contributed by atoms with Crippen LogP contribution in [0.2, 0.25) is 5.02 Å². The molecule has 0 unspecified atom stereocenters. The number of aromatic nitrogens is 2. The molecule has 94 valence electrons. The lowest BCUT2D eigenvalue weighted by atomic mass is 9.99. The Balaban J connectivity index is 2.17. The summed E-state index contributed by atoms with van der Waals surface area (Å²) < 4.78 is 0. The van der Waals surface area contributed by atoms with Crippen LogP contribution in [0.3, 0.4) is 0 Å². The Morgan fingerprint density at radius 3 is 2.26 bits per heavy atom. The van der Waals surface area contributed by atoms with E-state index in [1.807, 2.05) is 49.4 Å². The first-order valence-electron chi connectivity index (χ1n) is 6.12. The zero-order chi connectivity index (χ0) is 13.2. The molecule has 0 aliphatic rings. The Labute approximate surface area is 117 Å². The Hall–Kier alpha value is -2.06. The lowest BCUT2D eigenvalue weighted by Crippen LogP contribution is -1.83. The lowest BCUT2D eigenvalue weighted by molar-refractivity contribution is 1.05. The lowest BCUT2D eigenvalue weighted by Gasteiger charge is -2.04. The summed E-state index contributed by atoms with van der Waals surface area (Å²) in [5.41, 5.74) is 5.38. The third-order valence-corrected chi connectivity index (χ3v) is 3.38. The van der Waals surface area contributed by atoms with Gasteiger partial charge in [-0.1, -0.05) is 54.1 Å². The van der Waals surface area contributed by atoms with Gasteiger partial charge in [0.2, 0.25) is 0 Å². The molecule has 2 nitrogen and oxygen atoms in total. The van der Waals surface area contributed by atoms with E-state index in [2.05, 4.69) is 22.3 Å².